The molecular formula is C24H25N3O3. The van der Waals surface area contributed by atoms with Crippen LogP contribution in [0.1, 0.15) is 19.4 Å². The molecule has 6 heteroatoms. The second kappa shape index (κ2) is 9.69. The highest BCUT2D eigenvalue weighted by atomic mass is 16.3. The first-order chi connectivity index (χ1) is 14.6. The molecular weight excluding hydrogens is 378 g/mol. The molecule has 1 heterocycles. The third-order valence-corrected chi connectivity index (χ3v) is 4.84. The van der Waals surface area contributed by atoms with Crippen molar-refractivity contribution in [3.05, 3.63) is 71.6 Å². The zero-order valence-corrected chi connectivity index (χ0v) is 17.4. The lowest BCUT2D eigenvalue weighted by Crippen LogP contribution is -2.21. The van der Waals surface area contributed by atoms with Gasteiger partial charge >= 0.3 is 0 Å². The van der Waals surface area contributed by atoms with Gasteiger partial charge in [0, 0.05) is 30.9 Å². The summed E-state index contributed by atoms with van der Waals surface area (Å²) in [6, 6.07) is 20.2. The number of benzene rings is 3. The molecule has 0 unspecified atom stereocenters. The van der Waals surface area contributed by atoms with Crippen LogP contribution in [0.5, 0.6) is 0 Å². The van der Waals surface area contributed by atoms with E-state index < -0.39 is 0 Å². The molecule has 2 aromatic rings. The van der Waals surface area contributed by atoms with Crippen molar-refractivity contribution in [1.29, 1.82) is 0 Å². The number of aryl methyl sites for hydroxylation is 1. The predicted molar refractivity (Wildman–Crippen MR) is 119 cm³/mol. The van der Waals surface area contributed by atoms with Gasteiger partial charge < -0.3 is 14.4 Å². The van der Waals surface area contributed by atoms with Crippen LogP contribution < -0.4 is 10.3 Å². The van der Waals surface area contributed by atoms with Crippen LogP contribution in [-0.4, -0.2) is 29.7 Å². The summed E-state index contributed by atoms with van der Waals surface area (Å²) >= 11 is 0. The first-order valence-corrected chi connectivity index (χ1v) is 9.87. The minimum absolute atomic E-state index is 0.250. The Kier molecular flexibility index (Phi) is 6.80. The van der Waals surface area contributed by atoms with Crippen LogP contribution in [0.3, 0.4) is 0 Å². The van der Waals surface area contributed by atoms with E-state index in [4.69, 9.17) is 24.3 Å². The van der Waals surface area contributed by atoms with Gasteiger partial charge in [0.25, 0.3) is 6.47 Å². The molecule has 0 aromatic heterocycles. The molecule has 0 bridgehead atoms. The van der Waals surface area contributed by atoms with E-state index in [2.05, 4.69) is 43.9 Å². The highest BCUT2D eigenvalue weighted by Gasteiger charge is 2.11. The van der Waals surface area contributed by atoms with Gasteiger partial charge in [-0.25, -0.2) is 9.98 Å². The number of fused-ring (bicyclic) bond motifs is 2. The molecule has 0 saturated heterocycles. The molecule has 0 radical (unpaired) electrons. The van der Waals surface area contributed by atoms with Crippen molar-refractivity contribution >= 4 is 28.9 Å². The van der Waals surface area contributed by atoms with E-state index in [1.165, 1.54) is 0 Å². The van der Waals surface area contributed by atoms with E-state index in [-0.39, 0.29) is 6.47 Å². The number of hydrogen-bond acceptors (Lipinski definition) is 5. The van der Waals surface area contributed by atoms with Crippen LogP contribution >= 0.6 is 0 Å². The standard InChI is InChI=1S/C23H23N3O.CH2O2/c1-4-26(5-2)18-11-13-21-23(15-18)27-22-14-17(10-12-20(22)25-21)24-19-9-7-6-8-16(19)3;2-1-3/h6-15H,4-5H2,1-3H3;1H,(H,2,3). The van der Waals surface area contributed by atoms with Crippen molar-refractivity contribution in [2.45, 2.75) is 20.8 Å². The molecule has 1 aliphatic carbocycles. The average molecular weight is 403 g/mol. The molecule has 2 aliphatic rings. The number of para-hydroxylation sites is 1. The molecule has 0 saturated carbocycles. The van der Waals surface area contributed by atoms with Crippen LogP contribution in [0, 0.1) is 6.92 Å². The molecule has 0 atom stereocenters. The van der Waals surface area contributed by atoms with Crippen molar-refractivity contribution in [3.8, 4) is 11.5 Å². The van der Waals surface area contributed by atoms with Crippen molar-refractivity contribution in [1.82, 2.24) is 4.98 Å². The summed E-state index contributed by atoms with van der Waals surface area (Å²) in [6.45, 7) is 8.05. The molecule has 1 aliphatic heterocycles. The Morgan fingerprint density at radius 2 is 1.80 bits per heavy atom. The van der Waals surface area contributed by atoms with Crippen molar-refractivity contribution < 1.29 is 14.3 Å². The fourth-order valence-electron chi connectivity index (χ4n) is 3.29. The van der Waals surface area contributed by atoms with Crippen LogP contribution in [-0.2, 0) is 4.79 Å². The van der Waals surface area contributed by atoms with Crippen LogP contribution in [0.4, 0.5) is 11.4 Å². The Morgan fingerprint density at radius 1 is 1.07 bits per heavy atom. The monoisotopic (exact) mass is 403 g/mol. The Hall–Kier alpha value is -3.67. The molecule has 2 aromatic carbocycles. The average Bonchev–Trinajstić information content (AvgIpc) is 2.75. The van der Waals surface area contributed by atoms with Crippen LogP contribution in [0.15, 0.2) is 70.1 Å². The first kappa shape index (κ1) is 21.0. The Bertz CT molecular complexity index is 1180. The van der Waals surface area contributed by atoms with Gasteiger partial charge in [-0.15, -0.1) is 0 Å². The molecule has 0 fully saturated rings. The molecule has 4 rings (SSSR count). The maximum atomic E-state index is 8.36. The number of rotatable bonds is 4. The molecule has 0 spiro atoms. The summed E-state index contributed by atoms with van der Waals surface area (Å²) in [5, 5.41) is 7.75. The Morgan fingerprint density at radius 3 is 2.50 bits per heavy atom. The largest absolute Gasteiger partial charge is 0.483 e. The van der Waals surface area contributed by atoms with Gasteiger partial charge in [0.1, 0.15) is 11.2 Å². The van der Waals surface area contributed by atoms with E-state index in [1.54, 1.807) is 0 Å². The highest BCUT2D eigenvalue weighted by Crippen LogP contribution is 2.27. The number of nitrogens with zero attached hydrogens (tertiary/aromatic N) is 3. The number of carbonyl (C=O) groups is 1. The molecule has 6 nitrogen and oxygen atoms in total. The van der Waals surface area contributed by atoms with Crippen molar-refractivity contribution in [2.75, 3.05) is 18.0 Å². The van der Waals surface area contributed by atoms with E-state index in [1.807, 2.05) is 42.5 Å². The summed E-state index contributed by atoms with van der Waals surface area (Å²) in [6.07, 6.45) is 0. The van der Waals surface area contributed by atoms with Crippen LogP contribution in [0.2, 0.25) is 0 Å². The Labute approximate surface area is 175 Å². The first-order valence-electron chi connectivity index (χ1n) is 9.87. The molecule has 1 N–H and O–H groups in total. The molecule has 0 amide bonds. The Balaban J connectivity index is 0.000000806. The zero-order valence-electron chi connectivity index (χ0n) is 17.4. The second-order valence-corrected chi connectivity index (χ2v) is 6.69. The summed E-state index contributed by atoms with van der Waals surface area (Å²) in [4.78, 5) is 20.1. The van der Waals surface area contributed by atoms with Crippen LogP contribution in [0.25, 0.3) is 22.6 Å². The van der Waals surface area contributed by atoms with Gasteiger partial charge in [-0.1, -0.05) is 18.2 Å². The van der Waals surface area contributed by atoms with Gasteiger partial charge in [0.05, 0.1) is 11.0 Å². The van der Waals surface area contributed by atoms with Gasteiger partial charge in [-0.05, 0) is 56.7 Å². The summed E-state index contributed by atoms with van der Waals surface area (Å²) in [5.74, 6) is 0.744. The maximum Gasteiger partial charge on any atom is 0.290 e. The maximum absolute atomic E-state index is 8.36. The van der Waals surface area contributed by atoms with Gasteiger partial charge in [-0.2, -0.15) is 0 Å². The van der Waals surface area contributed by atoms with Gasteiger partial charge in [-0.3, -0.25) is 4.79 Å². The minimum Gasteiger partial charge on any atom is -0.483 e. The number of hydrogen-bond donors (Lipinski definition) is 1. The van der Waals surface area contributed by atoms with Gasteiger partial charge in [0.15, 0.2) is 11.3 Å². The number of aromatic nitrogens is 1. The van der Waals surface area contributed by atoms with E-state index >= 15 is 0 Å². The summed E-state index contributed by atoms with van der Waals surface area (Å²) < 4.78 is 6.19. The second-order valence-electron chi connectivity index (χ2n) is 6.69. The fourth-order valence-corrected chi connectivity index (χ4v) is 3.29. The third kappa shape index (κ3) is 4.66. The summed E-state index contributed by atoms with van der Waals surface area (Å²) in [5.41, 5.74) is 5.76. The lowest BCUT2D eigenvalue weighted by Gasteiger charge is -2.21. The highest BCUT2D eigenvalue weighted by molar-refractivity contribution is 5.80. The zero-order chi connectivity index (χ0) is 21.5. The fraction of sp³-hybridized carbons (Fsp3) is 0.208. The van der Waals surface area contributed by atoms with Crippen molar-refractivity contribution in [2.24, 2.45) is 4.99 Å². The van der Waals surface area contributed by atoms with E-state index in [0.29, 0.717) is 0 Å². The summed E-state index contributed by atoms with van der Waals surface area (Å²) in [7, 11) is 0. The lowest BCUT2D eigenvalue weighted by molar-refractivity contribution is -0.122. The number of anilines is 1. The quantitative estimate of drug-likeness (QED) is 0.382. The van der Waals surface area contributed by atoms with Crippen molar-refractivity contribution in [3.63, 3.8) is 0 Å². The van der Waals surface area contributed by atoms with E-state index in [9.17, 15) is 0 Å². The number of carboxylic acid groups (broad SMARTS) is 1. The third-order valence-electron chi connectivity index (χ3n) is 4.84. The SMILES string of the molecule is CCN(CC)c1ccc2nc3ccc(=Nc4ccccc4C)cc-3oc2c1.O=CO. The minimum atomic E-state index is -0.250. The predicted octanol–water partition coefficient (Wildman–Crippen LogP) is 5.02. The molecule has 30 heavy (non-hydrogen) atoms. The topological polar surface area (TPSA) is 78.9 Å². The van der Waals surface area contributed by atoms with Gasteiger partial charge in [0.2, 0.25) is 0 Å². The lowest BCUT2D eigenvalue weighted by atomic mass is 10.2. The van der Waals surface area contributed by atoms with E-state index in [0.717, 1.165) is 57.9 Å². The normalized spacial score (nSPS) is 11.2. The molecule has 154 valence electrons. The smallest absolute Gasteiger partial charge is 0.290 e.